The van der Waals surface area contributed by atoms with E-state index in [0.29, 0.717) is 6.54 Å². The predicted octanol–water partition coefficient (Wildman–Crippen LogP) is 3.99. The van der Waals surface area contributed by atoms with Crippen molar-refractivity contribution in [3.63, 3.8) is 0 Å². The van der Waals surface area contributed by atoms with Crippen LogP contribution < -0.4 is 5.32 Å². The van der Waals surface area contributed by atoms with Gasteiger partial charge in [0.15, 0.2) is 0 Å². The number of benzene rings is 2. The Morgan fingerprint density at radius 2 is 2.00 bits per heavy atom. The molecule has 2 heterocycles. The van der Waals surface area contributed by atoms with Gasteiger partial charge in [0.2, 0.25) is 5.91 Å². The Morgan fingerprint density at radius 1 is 1.15 bits per heavy atom. The van der Waals surface area contributed by atoms with Crippen molar-refractivity contribution in [1.82, 2.24) is 14.9 Å². The Labute approximate surface area is 157 Å². The van der Waals surface area contributed by atoms with Gasteiger partial charge in [-0.25, -0.2) is 4.98 Å². The first-order valence-corrected chi connectivity index (χ1v) is 8.79. The van der Waals surface area contributed by atoms with Gasteiger partial charge in [0.05, 0.1) is 12.6 Å². The van der Waals surface area contributed by atoms with Gasteiger partial charge in [-0.3, -0.25) is 4.79 Å². The fourth-order valence-corrected chi connectivity index (χ4v) is 3.05. The lowest BCUT2D eigenvalue weighted by molar-refractivity contribution is -0.116. The number of hydrogen-bond donors (Lipinski definition) is 1. The van der Waals surface area contributed by atoms with Gasteiger partial charge in [-0.05, 0) is 30.2 Å². The lowest BCUT2D eigenvalue weighted by atomic mass is 10.1. The van der Waals surface area contributed by atoms with E-state index in [0.717, 1.165) is 34.2 Å². The predicted molar refractivity (Wildman–Crippen MR) is 106 cm³/mol. The number of nitrogens with one attached hydrogen (secondary N) is 1. The van der Waals surface area contributed by atoms with Gasteiger partial charge < -0.3 is 14.3 Å². The number of imidazole rings is 1. The van der Waals surface area contributed by atoms with Gasteiger partial charge in [-0.1, -0.05) is 36.4 Å². The monoisotopic (exact) mass is 357 g/mol. The van der Waals surface area contributed by atoms with Crippen molar-refractivity contribution in [3.8, 4) is 5.69 Å². The molecule has 5 nitrogen and oxygen atoms in total. The Hall–Kier alpha value is -3.60. The van der Waals surface area contributed by atoms with Gasteiger partial charge in [0.1, 0.15) is 5.58 Å². The topological polar surface area (TPSA) is 60.1 Å². The van der Waals surface area contributed by atoms with Crippen molar-refractivity contribution >= 4 is 23.0 Å². The number of carbonyl (C=O) groups excluding carboxylic acids is 1. The molecule has 0 saturated carbocycles. The van der Waals surface area contributed by atoms with E-state index in [-0.39, 0.29) is 5.91 Å². The molecule has 0 unspecified atom stereocenters. The minimum Gasteiger partial charge on any atom is -0.464 e. The molecule has 0 aliphatic rings. The van der Waals surface area contributed by atoms with Crippen LogP contribution in [-0.4, -0.2) is 22.0 Å². The first-order chi connectivity index (χ1) is 13.3. The highest BCUT2D eigenvalue weighted by Crippen LogP contribution is 2.21. The second-order valence-electron chi connectivity index (χ2n) is 6.16. The quantitative estimate of drug-likeness (QED) is 0.531. The average Bonchev–Trinajstić information content (AvgIpc) is 3.37. The van der Waals surface area contributed by atoms with E-state index in [1.54, 1.807) is 30.9 Å². The normalized spacial score (nSPS) is 11.3. The fourth-order valence-electron chi connectivity index (χ4n) is 3.05. The number of hydrogen-bond acceptors (Lipinski definition) is 3. The zero-order valence-electron chi connectivity index (χ0n) is 14.7. The molecule has 5 heteroatoms. The number of para-hydroxylation sites is 2. The lowest BCUT2D eigenvalue weighted by Crippen LogP contribution is -2.23. The molecule has 134 valence electrons. The van der Waals surface area contributed by atoms with Gasteiger partial charge in [-0.15, -0.1) is 0 Å². The van der Waals surface area contributed by atoms with Crippen LogP contribution in [0.2, 0.25) is 0 Å². The van der Waals surface area contributed by atoms with Crippen LogP contribution in [0.15, 0.2) is 84.0 Å². The van der Waals surface area contributed by atoms with Crippen molar-refractivity contribution in [2.75, 3.05) is 6.54 Å². The zero-order chi connectivity index (χ0) is 18.5. The van der Waals surface area contributed by atoms with E-state index in [1.807, 2.05) is 53.2 Å². The summed E-state index contributed by atoms with van der Waals surface area (Å²) < 4.78 is 7.45. The van der Waals surface area contributed by atoms with Crippen LogP contribution in [0.3, 0.4) is 0 Å². The van der Waals surface area contributed by atoms with E-state index in [2.05, 4.69) is 16.4 Å². The second-order valence-corrected chi connectivity index (χ2v) is 6.16. The van der Waals surface area contributed by atoms with Gasteiger partial charge in [-0.2, -0.15) is 0 Å². The number of fused-ring (bicyclic) bond motifs is 1. The van der Waals surface area contributed by atoms with Crippen molar-refractivity contribution < 1.29 is 9.21 Å². The summed E-state index contributed by atoms with van der Waals surface area (Å²) in [5.74, 6) is -0.125. The first-order valence-electron chi connectivity index (χ1n) is 8.79. The maximum Gasteiger partial charge on any atom is 0.244 e. The van der Waals surface area contributed by atoms with E-state index < -0.39 is 0 Å². The summed E-state index contributed by atoms with van der Waals surface area (Å²) in [5.41, 5.74) is 3.94. The molecule has 0 fully saturated rings. The van der Waals surface area contributed by atoms with Crippen molar-refractivity contribution in [2.45, 2.75) is 6.42 Å². The highest BCUT2D eigenvalue weighted by atomic mass is 16.3. The van der Waals surface area contributed by atoms with Crippen LogP contribution in [0.1, 0.15) is 11.1 Å². The molecule has 0 atom stereocenters. The number of nitrogens with zero attached hydrogens (tertiary/aromatic N) is 2. The van der Waals surface area contributed by atoms with Gasteiger partial charge in [0.25, 0.3) is 0 Å². The molecule has 4 rings (SSSR count). The minimum atomic E-state index is -0.125. The van der Waals surface area contributed by atoms with Crippen LogP contribution in [0.4, 0.5) is 0 Å². The standard InChI is InChI=1S/C22H19N3O2/c26-22(10-9-18-15-27-21-8-4-2-6-19(18)21)24-12-11-17-5-1-3-7-20(17)25-14-13-23-16-25/h1-10,13-16H,11-12H2,(H,24,26)/b10-9+. The fraction of sp³-hybridized carbons (Fsp3) is 0.0909. The molecular weight excluding hydrogens is 338 g/mol. The average molecular weight is 357 g/mol. The van der Waals surface area contributed by atoms with E-state index in [4.69, 9.17) is 4.42 Å². The summed E-state index contributed by atoms with van der Waals surface area (Å²) in [5, 5.41) is 3.93. The number of amides is 1. The molecule has 2 aromatic carbocycles. The number of carbonyl (C=O) groups is 1. The first kappa shape index (κ1) is 16.8. The third-order valence-electron chi connectivity index (χ3n) is 4.39. The highest BCUT2D eigenvalue weighted by Gasteiger charge is 2.05. The Kier molecular flexibility index (Phi) is 4.83. The molecule has 0 saturated heterocycles. The highest BCUT2D eigenvalue weighted by molar-refractivity contribution is 5.95. The summed E-state index contributed by atoms with van der Waals surface area (Å²) in [7, 11) is 0. The second kappa shape index (κ2) is 7.74. The maximum atomic E-state index is 12.1. The van der Waals surface area contributed by atoms with Crippen LogP contribution in [0, 0.1) is 0 Å². The summed E-state index contributed by atoms with van der Waals surface area (Å²) in [6.07, 6.45) is 11.2. The summed E-state index contributed by atoms with van der Waals surface area (Å²) in [4.78, 5) is 16.2. The lowest BCUT2D eigenvalue weighted by Gasteiger charge is -2.10. The molecule has 0 spiro atoms. The van der Waals surface area contributed by atoms with Gasteiger partial charge >= 0.3 is 0 Å². The van der Waals surface area contributed by atoms with Crippen LogP contribution in [0.5, 0.6) is 0 Å². The van der Waals surface area contributed by atoms with Crippen LogP contribution in [-0.2, 0) is 11.2 Å². The third-order valence-corrected chi connectivity index (χ3v) is 4.39. The van der Waals surface area contributed by atoms with Crippen LogP contribution >= 0.6 is 0 Å². The Balaban J connectivity index is 1.37. The largest absolute Gasteiger partial charge is 0.464 e. The molecular formula is C22H19N3O2. The molecule has 2 aromatic heterocycles. The third kappa shape index (κ3) is 3.82. The van der Waals surface area contributed by atoms with E-state index >= 15 is 0 Å². The molecule has 0 aliphatic carbocycles. The number of aromatic nitrogens is 2. The van der Waals surface area contributed by atoms with E-state index in [9.17, 15) is 4.79 Å². The molecule has 0 bridgehead atoms. The smallest absolute Gasteiger partial charge is 0.244 e. The zero-order valence-corrected chi connectivity index (χ0v) is 14.7. The Bertz CT molecular complexity index is 1080. The van der Waals surface area contributed by atoms with Crippen molar-refractivity contribution in [3.05, 3.63) is 90.7 Å². The van der Waals surface area contributed by atoms with Gasteiger partial charge in [0, 0.05) is 41.7 Å². The summed E-state index contributed by atoms with van der Waals surface area (Å²) >= 11 is 0. The minimum absolute atomic E-state index is 0.125. The van der Waals surface area contributed by atoms with Crippen molar-refractivity contribution in [2.24, 2.45) is 0 Å². The summed E-state index contributed by atoms with van der Waals surface area (Å²) in [6, 6.07) is 15.9. The number of furan rings is 1. The Morgan fingerprint density at radius 3 is 2.89 bits per heavy atom. The molecule has 0 aliphatic heterocycles. The summed E-state index contributed by atoms with van der Waals surface area (Å²) in [6.45, 7) is 0.557. The molecule has 1 amide bonds. The van der Waals surface area contributed by atoms with Crippen molar-refractivity contribution in [1.29, 1.82) is 0 Å². The van der Waals surface area contributed by atoms with E-state index in [1.165, 1.54) is 0 Å². The SMILES string of the molecule is O=C(/C=C/c1coc2ccccc12)NCCc1ccccc1-n1ccnc1. The molecule has 4 aromatic rings. The van der Waals surface area contributed by atoms with Crippen LogP contribution in [0.25, 0.3) is 22.7 Å². The number of rotatable bonds is 6. The molecule has 0 radical (unpaired) electrons. The maximum absolute atomic E-state index is 12.1. The molecule has 1 N–H and O–H groups in total. The molecule has 27 heavy (non-hydrogen) atoms.